The van der Waals surface area contributed by atoms with Gasteiger partial charge < -0.3 is 14.1 Å². The molecule has 24 valence electrons. The third-order valence-corrected chi connectivity index (χ3v) is 0. The zero-order chi connectivity index (χ0) is 3.58. The van der Waals surface area contributed by atoms with Gasteiger partial charge in [0.2, 0.25) is 0 Å². The van der Waals surface area contributed by atoms with Crippen molar-refractivity contribution in [2.75, 3.05) is 0 Å². The van der Waals surface area contributed by atoms with Crippen LogP contribution in [0, 0.1) is 0 Å². The smallest absolute Gasteiger partial charge is 0.672 e. The molecule has 0 atom stereocenters. The first-order chi connectivity index (χ1) is 1.73. The molecule has 6 heavy (non-hydrogen) atoms. The van der Waals surface area contributed by atoms with E-state index in [1.54, 1.807) is 0 Å². The fourth-order valence-electron chi connectivity index (χ4n) is 0. The van der Waals surface area contributed by atoms with Crippen molar-refractivity contribution in [1.29, 1.82) is 0 Å². The predicted molar refractivity (Wildman–Crippen MR) is 6.44 cm³/mol. The molecular formula is LiO3SiY+2. The van der Waals surface area contributed by atoms with Crippen molar-refractivity contribution in [3.8, 4) is 0 Å². The largest absolute Gasteiger partial charge is 3.00 e. The monoisotopic (exact) mass is 172 g/mol. The molecule has 0 aromatic rings. The Morgan fingerprint density at radius 1 is 1.33 bits per heavy atom. The van der Waals surface area contributed by atoms with E-state index in [1.165, 1.54) is 0 Å². The molecule has 0 bridgehead atoms. The molecule has 6 heteroatoms. The summed E-state index contributed by atoms with van der Waals surface area (Å²) in [5.74, 6) is 0. The second kappa shape index (κ2) is 9.58. The molecule has 0 spiro atoms. The van der Waals surface area contributed by atoms with Crippen molar-refractivity contribution in [2.45, 2.75) is 0 Å². The standard InChI is InChI=1S/Li.O3Si.Y/c;1-4(2)3;/q+1;-2;+3. The van der Waals surface area contributed by atoms with Gasteiger partial charge >= 0.3 is 51.6 Å². The van der Waals surface area contributed by atoms with E-state index < -0.39 is 9.17 Å². The Kier molecular flexibility index (Phi) is 25.0. The summed E-state index contributed by atoms with van der Waals surface area (Å²) in [6.07, 6.45) is 0. The molecule has 0 unspecified atom stereocenters. The molecule has 0 amide bonds. The van der Waals surface area contributed by atoms with Crippen molar-refractivity contribution in [1.82, 2.24) is 0 Å². The number of rotatable bonds is 0. The summed E-state index contributed by atoms with van der Waals surface area (Å²) in [4.78, 5) is 17.0. The van der Waals surface area contributed by atoms with Crippen LogP contribution in [0.15, 0.2) is 0 Å². The van der Waals surface area contributed by atoms with Crippen LogP contribution in [0.25, 0.3) is 0 Å². The third kappa shape index (κ3) is 57.1. The van der Waals surface area contributed by atoms with Crippen LogP contribution in [-0.4, -0.2) is 9.17 Å². The van der Waals surface area contributed by atoms with Crippen molar-refractivity contribution in [2.24, 2.45) is 0 Å². The van der Waals surface area contributed by atoms with Gasteiger partial charge in [-0.15, -0.1) is 0 Å². The summed E-state index contributed by atoms with van der Waals surface area (Å²) in [6, 6.07) is 0. The van der Waals surface area contributed by atoms with Gasteiger partial charge in [0.1, 0.15) is 0 Å². The molecule has 0 fully saturated rings. The molecule has 0 saturated heterocycles. The van der Waals surface area contributed by atoms with Crippen LogP contribution in [0.5, 0.6) is 0 Å². The first-order valence-electron chi connectivity index (χ1n) is 0.612. The maximum Gasteiger partial charge on any atom is 3.00 e. The molecule has 0 aromatic heterocycles. The topological polar surface area (TPSA) is 63.2 Å². The Morgan fingerprint density at radius 3 is 1.33 bits per heavy atom. The predicted octanol–water partition coefficient (Wildman–Crippen LogP) is -5.88. The van der Waals surface area contributed by atoms with Crippen LogP contribution in [0.4, 0.5) is 0 Å². The first-order valence-corrected chi connectivity index (χ1v) is 1.84. The quantitative estimate of drug-likeness (QED) is 0.342. The minimum atomic E-state index is -3.63. The molecule has 0 aromatic carbocycles. The Bertz CT molecular complexity index is 33.8. The van der Waals surface area contributed by atoms with E-state index in [1.807, 2.05) is 0 Å². The van der Waals surface area contributed by atoms with E-state index in [0.717, 1.165) is 0 Å². The van der Waals surface area contributed by atoms with E-state index in [4.69, 9.17) is 14.1 Å². The second-order valence-corrected chi connectivity index (χ2v) is 0.750. The number of hydrogen-bond donors (Lipinski definition) is 0. The Balaban J connectivity index is -0.0000000450. The zero-order valence-corrected chi connectivity index (χ0v) is 7.14. The van der Waals surface area contributed by atoms with Crippen LogP contribution in [0.2, 0.25) is 0 Å². The summed E-state index contributed by atoms with van der Waals surface area (Å²) in [7, 11) is -3.63. The maximum atomic E-state index is 8.52. The molecule has 0 saturated carbocycles. The van der Waals surface area contributed by atoms with Crippen molar-refractivity contribution < 1.29 is 65.6 Å². The Morgan fingerprint density at radius 2 is 1.33 bits per heavy atom. The average Bonchev–Trinajstić information content (AvgIpc) is 0.811. The van der Waals surface area contributed by atoms with Gasteiger partial charge in [0.25, 0.3) is 0 Å². The third-order valence-electron chi connectivity index (χ3n) is 0. The minimum absolute atomic E-state index is 0. The van der Waals surface area contributed by atoms with Gasteiger partial charge in [0, 0.05) is 9.17 Å². The second-order valence-electron chi connectivity index (χ2n) is 0.250. The molecule has 0 aliphatic heterocycles. The van der Waals surface area contributed by atoms with Gasteiger partial charge in [-0.05, 0) is 0 Å². The normalized spacial score (nSPS) is 4.00. The van der Waals surface area contributed by atoms with Crippen molar-refractivity contribution >= 4 is 9.17 Å². The summed E-state index contributed by atoms with van der Waals surface area (Å²) in [5, 5.41) is 0. The molecule has 0 rings (SSSR count). The van der Waals surface area contributed by atoms with Crippen LogP contribution in [0.3, 0.4) is 0 Å². The van der Waals surface area contributed by atoms with E-state index >= 15 is 0 Å². The zero-order valence-electron chi connectivity index (χ0n) is 3.30. The molecule has 0 N–H and O–H groups in total. The van der Waals surface area contributed by atoms with Crippen molar-refractivity contribution in [3.63, 3.8) is 0 Å². The summed E-state index contributed by atoms with van der Waals surface area (Å²) in [6.45, 7) is 0. The SMILES string of the molecule is O=[Si]([O-])[O-].[Li+].[Y+3]. The Labute approximate surface area is 74.1 Å². The summed E-state index contributed by atoms with van der Waals surface area (Å²) in [5.41, 5.74) is 0. The average molecular weight is 172 g/mol. The van der Waals surface area contributed by atoms with E-state index in [2.05, 4.69) is 0 Å². The fraction of sp³-hybridized carbons (Fsp3) is 0. The van der Waals surface area contributed by atoms with Crippen molar-refractivity contribution in [3.05, 3.63) is 0 Å². The fourth-order valence-corrected chi connectivity index (χ4v) is 0. The molecule has 0 aliphatic rings. The molecule has 0 aliphatic carbocycles. The molecule has 0 heterocycles. The van der Waals surface area contributed by atoms with Crippen LogP contribution in [0.1, 0.15) is 0 Å². The first kappa shape index (κ1) is 15.7. The minimum Gasteiger partial charge on any atom is -0.672 e. The van der Waals surface area contributed by atoms with E-state index in [9.17, 15) is 0 Å². The Hall–Kier alpha value is 1.32. The molecular weight excluding hydrogens is 172 g/mol. The van der Waals surface area contributed by atoms with Crippen LogP contribution in [-0.2, 0) is 37.2 Å². The van der Waals surface area contributed by atoms with Crippen LogP contribution < -0.4 is 28.5 Å². The van der Waals surface area contributed by atoms with Crippen LogP contribution >= 0.6 is 0 Å². The summed E-state index contributed by atoms with van der Waals surface area (Å²) < 4.78 is 8.52. The van der Waals surface area contributed by atoms with Gasteiger partial charge in [0.15, 0.2) is 0 Å². The summed E-state index contributed by atoms with van der Waals surface area (Å²) >= 11 is 0. The molecule has 3 nitrogen and oxygen atoms in total. The van der Waals surface area contributed by atoms with Gasteiger partial charge in [-0.2, -0.15) is 0 Å². The van der Waals surface area contributed by atoms with Gasteiger partial charge in [-0.25, -0.2) is 0 Å². The van der Waals surface area contributed by atoms with E-state index in [0.29, 0.717) is 0 Å². The van der Waals surface area contributed by atoms with Gasteiger partial charge in [-0.3, -0.25) is 0 Å². The van der Waals surface area contributed by atoms with E-state index in [-0.39, 0.29) is 51.6 Å². The number of hydrogen-bond acceptors (Lipinski definition) is 3. The molecule has 0 radical (unpaired) electrons. The van der Waals surface area contributed by atoms with Gasteiger partial charge in [0.05, 0.1) is 0 Å². The van der Waals surface area contributed by atoms with Gasteiger partial charge in [-0.1, -0.05) is 0 Å². The maximum absolute atomic E-state index is 8.52.